The smallest absolute Gasteiger partial charge is 0.242 e. The lowest BCUT2D eigenvalue weighted by Gasteiger charge is -2.40. The Morgan fingerprint density at radius 3 is 2.46 bits per heavy atom. The fourth-order valence-corrected chi connectivity index (χ4v) is 4.59. The highest BCUT2D eigenvalue weighted by Gasteiger charge is 2.38. The van der Waals surface area contributed by atoms with Gasteiger partial charge in [0.05, 0.1) is 25.5 Å². The highest BCUT2D eigenvalue weighted by Crippen LogP contribution is 2.25. The summed E-state index contributed by atoms with van der Waals surface area (Å²) in [5.74, 6) is 0. The van der Waals surface area contributed by atoms with Crippen LogP contribution in [-0.4, -0.2) is 58.1 Å². The summed E-state index contributed by atoms with van der Waals surface area (Å²) in [7, 11) is 4.00. The van der Waals surface area contributed by atoms with Crippen LogP contribution in [0.25, 0.3) is 0 Å². The van der Waals surface area contributed by atoms with E-state index in [4.69, 9.17) is 12.2 Å². The van der Waals surface area contributed by atoms with E-state index in [-0.39, 0.29) is 10.4 Å². The van der Waals surface area contributed by atoms with Gasteiger partial charge in [0.15, 0.2) is 5.11 Å². The van der Waals surface area contributed by atoms with Gasteiger partial charge in [-0.15, -0.1) is 0 Å². The number of hydrogen-bond acceptors (Lipinski definition) is 3. The Hall–Kier alpha value is -1.22. The monoisotopic (exact) mass is 399 g/mol. The van der Waals surface area contributed by atoms with Gasteiger partial charge in [-0.05, 0) is 43.3 Å². The van der Waals surface area contributed by atoms with Crippen molar-refractivity contribution in [3.05, 3.63) is 24.3 Å². The van der Waals surface area contributed by atoms with Crippen molar-refractivity contribution >= 4 is 33.0 Å². The van der Waals surface area contributed by atoms with Crippen molar-refractivity contribution in [1.82, 2.24) is 9.62 Å². The van der Waals surface area contributed by atoms with Gasteiger partial charge in [-0.25, -0.2) is 12.7 Å². The molecule has 0 heterocycles. The van der Waals surface area contributed by atoms with E-state index in [0.717, 1.165) is 6.54 Å². The van der Waals surface area contributed by atoms with Crippen LogP contribution in [0.3, 0.4) is 0 Å². The van der Waals surface area contributed by atoms with Gasteiger partial charge >= 0.3 is 0 Å². The van der Waals surface area contributed by atoms with E-state index in [1.807, 2.05) is 6.07 Å². The number of likely N-dealkylation sites (N-methyl/N-ethyl adjacent to an activating group) is 1. The molecule has 1 aliphatic rings. The minimum atomic E-state index is -3.46. The number of rotatable bonds is 6. The standard InChI is InChI=1S/C18H30N4O2S2/c1-21(2)18(11-6-5-7-12-18)14-19-17(25)20-15-9-8-10-16(13-15)26(23,24)22(3)4/h8-10,13H,5-7,11-12,14H2,1-4H3,(H2,19,20,25)/p+1. The first-order valence-corrected chi connectivity index (χ1v) is 10.9. The molecule has 0 saturated heterocycles. The normalized spacial score (nSPS) is 17.3. The first kappa shape index (κ1) is 21.1. The van der Waals surface area contributed by atoms with Gasteiger partial charge in [0.2, 0.25) is 10.0 Å². The van der Waals surface area contributed by atoms with Crippen LogP contribution in [0.5, 0.6) is 0 Å². The molecule has 0 spiro atoms. The predicted molar refractivity (Wildman–Crippen MR) is 110 cm³/mol. The maximum atomic E-state index is 12.3. The first-order valence-electron chi connectivity index (χ1n) is 9.05. The van der Waals surface area contributed by atoms with E-state index in [1.54, 1.807) is 18.2 Å². The maximum Gasteiger partial charge on any atom is 0.242 e. The minimum Gasteiger partial charge on any atom is -0.356 e. The number of benzene rings is 1. The summed E-state index contributed by atoms with van der Waals surface area (Å²) in [6.07, 6.45) is 6.23. The molecule has 1 aromatic carbocycles. The molecular formula is C18H31N4O2S2+. The fourth-order valence-electron chi connectivity index (χ4n) is 3.45. The fraction of sp³-hybridized carbons (Fsp3) is 0.611. The van der Waals surface area contributed by atoms with Gasteiger partial charge in [-0.3, -0.25) is 0 Å². The Labute approximate surface area is 163 Å². The number of nitrogens with zero attached hydrogens (tertiary/aromatic N) is 1. The first-order chi connectivity index (χ1) is 12.2. The van der Waals surface area contributed by atoms with Gasteiger partial charge in [-0.2, -0.15) is 0 Å². The van der Waals surface area contributed by atoms with E-state index in [0.29, 0.717) is 10.8 Å². The van der Waals surface area contributed by atoms with Crippen molar-refractivity contribution in [2.45, 2.75) is 42.5 Å². The van der Waals surface area contributed by atoms with Gasteiger partial charge in [-0.1, -0.05) is 12.5 Å². The van der Waals surface area contributed by atoms with Crippen LogP contribution in [0.15, 0.2) is 29.2 Å². The predicted octanol–water partition coefficient (Wildman–Crippen LogP) is 1.07. The minimum absolute atomic E-state index is 0.208. The third kappa shape index (κ3) is 4.94. The Bertz CT molecular complexity index is 726. The molecular weight excluding hydrogens is 368 g/mol. The number of thiocarbonyl (C=S) groups is 1. The average molecular weight is 400 g/mol. The summed E-state index contributed by atoms with van der Waals surface area (Å²) in [6.45, 7) is 0.816. The zero-order valence-electron chi connectivity index (χ0n) is 16.1. The van der Waals surface area contributed by atoms with Crippen molar-refractivity contribution < 1.29 is 13.3 Å². The largest absolute Gasteiger partial charge is 0.356 e. The zero-order chi connectivity index (χ0) is 19.4. The molecule has 1 fully saturated rings. The van der Waals surface area contributed by atoms with Crippen molar-refractivity contribution in [2.75, 3.05) is 40.1 Å². The van der Waals surface area contributed by atoms with Gasteiger partial charge in [0, 0.05) is 32.6 Å². The molecule has 0 aromatic heterocycles. The van der Waals surface area contributed by atoms with Crippen LogP contribution >= 0.6 is 12.2 Å². The molecule has 8 heteroatoms. The lowest BCUT2D eigenvalue weighted by Crippen LogP contribution is -3.16. The molecule has 0 bridgehead atoms. The molecule has 0 radical (unpaired) electrons. The quantitative estimate of drug-likeness (QED) is 0.625. The van der Waals surface area contributed by atoms with E-state index in [9.17, 15) is 8.42 Å². The van der Waals surface area contributed by atoms with Crippen LogP contribution in [0.2, 0.25) is 0 Å². The number of quaternary nitrogens is 1. The van der Waals surface area contributed by atoms with Crippen molar-refractivity contribution in [1.29, 1.82) is 0 Å². The second-order valence-corrected chi connectivity index (χ2v) is 10.0. The van der Waals surface area contributed by atoms with E-state index < -0.39 is 10.0 Å². The highest BCUT2D eigenvalue weighted by molar-refractivity contribution is 7.89. The summed E-state index contributed by atoms with van der Waals surface area (Å²) in [5, 5.41) is 6.98. The molecule has 26 heavy (non-hydrogen) atoms. The summed E-state index contributed by atoms with van der Waals surface area (Å²) < 4.78 is 25.7. The molecule has 0 amide bonds. The molecule has 3 N–H and O–H groups in total. The third-order valence-corrected chi connectivity index (χ3v) is 7.39. The molecule has 0 unspecified atom stereocenters. The molecule has 1 aliphatic carbocycles. The third-order valence-electron chi connectivity index (χ3n) is 5.33. The van der Waals surface area contributed by atoms with Crippen molar-refractivity contribution in [3.63, 3.8) is 0 Å². The maximum absolute atomic E-state index is 12.3. The summed E-state index contributed by atoms with van der Waals surface area (Å²) >= 11 is 5.44. The van der Waals surface area contributed by atoms with Crippen LogP contribution in [0, 0.1) is 0 Å². The molecule has 1 saturated carbocycles. The van der Waals surface area contributed by atoms with E-state index in [1.165, 1.54) is 55.4 Å². The van der Waals surface area contributed by atoms with Crippen LogP contribution < -0.4 is 15.5 Å². The van der Waals surface area contributed by atoms with Gasteiger partial charge in [0.25, 0.3) is 0 Å². The van der Waals surface area contributed by atoms with Crippen molar-refractivity contribution in [2.24, 2.45) is 0 Å². The van der Waals surface area contributed by atoms with E-state index in [2.05, 4.69) is 24.7 Å². The van der Waals surface area contributed by atoms with Crippen LogP contribution in [-0.2, 0) is 10.0 Å². The van der Waals surface area contributed by atoms with Gasteiger partial charge < -0.3 is 15.5 Å². The summed E-state index contributed by atoms with van der Waals surface area (Å²) in [4.78, 5) is 1.70. The summed E-state index contributed by atoms with van der Waals surface area (Å²) in [5.41, 5.74) is 0.875. The molecule has 0 atom stereocenters. The molecule has 0 aliphatic heterocycles. The topological polar surface area (TPSA) is 65.9 Å². The lowest BCUT2D eigenvalue weighted by atomic mass is 9.80. The lowest BCUT2D eigenvalue weighted by molar-refractivity contribution is -0.916. The zero-order valence-corrected chi connectivity index (χ0v) is 17.8. The second kappa shape index (κ2) is 8.65. The SMILES string of the molecule is CN(C)S(=O)(=O)c1cccc(NC(=S)NCC2([NH+](C)C)CCCCC2)c1. The van der Waals surface area contributed by atoms with Crippen LogP contribution in [0.4, 0.5) is 5.69 Å². The Morgan fingerprint density at radius 2 is 1.88 bits per heavy atom. The molecule has 2 rings (SSSR count). The second-order valence-electron chi connectivity index (χ2n) is 7.46. The number of nitrogens with one attached hydrogen (secondary N) is 3. The van der Waals surface area contributed by atoms with Crippen LogP contribution in [0.1, 0.15) is 32.1 Å². The Kier molecular flexibility index (Phi) is 7.01. The molecule has 1 aromatic rings. The Balaban J connectivity index is 2.02. The molecule has 146 valence electrons. The molecule has 6 nitrogen and oxygen atoms in total. The summed E-state index contributed by atoms with van der Waals surface area (Å²) in [6, 6.07) is 6.73. The van der Waals surface area contributed by atoms with Crippen molar-refractivity contribution in [3.8, 4) is 0 Å². The Morgan fingerprint density at radius 1 is 1.23 bits per heavy atom. The highest BCUT2D eigenvalue weighted by atomic mass is 32.2. The van der Waals surface area contributed by atoms with Gasteiger partial charge in [0.1, 0.15) is 5.54 Å². The van der Waals surface area contributed by atoms with E-state index >= 15 is 0 Å². The number of hydrogen-bond donors (Lipinski definition) is 3. The number of anilines is 1. The number of sulfonamides is 1. The average Bonchev–Trinajstić information content (AvgIpc) is 2.60.